The van der Waals surface area contributed by atoms with Gasteiger partial charge in [-0.2, -0.15) is 0 Å². The van der Waals surface area contributed by atoms with Crippen LogP contribution in [0.2, 0.25) is 0 Å². The number of esters is 3. The molecule has 79 heavy (non-hydrogen) atoms. The molecule has 0 aliphatic carbocycles. The molecule has 0 saturated heterocycles. The molecule has 6 nitrogen and oxygen atoms in total. The summed E-state index contributed by atoms with van der Waals surface area (Å²) in [7, 11) is 0. The minimum absolute atomic E-state index is 0.0681. The van der Waals surface area contributed by atoms with Crippen LogP contribution in [-0.4, -0.2) is 37.2 Å². The highest BCUT2D eigenvalue weighted by Crippen LogP contribution is 2.18. The van der Waals surface area contributed by atoms with Gasteiger partial charge in [-0.1, -0.05) is 333 Å². The second-order valence-electron chi connectivity index (χ2n) is 24.1. The van der Waals surface area contributed by atoms with Crippen molar-refractivity contribution in [2.24, 2.45) is 0 Å². The molecule has 0 aromatic heterocycles. The Kier molecular flexibility index (Phi) is 66.1. The van der Waals surface area contributed by atoms with Crippen LogP contribution in [0, 0.1) is 0 Å². The minimum Gasteiger partial charge on any atom is -0.462 e. The van der Waals surface area contributed by atoms with E-state index in [4.69, 9.17) is 14.2 Å². The summed E-state index contributed by atoms with van der Waals surface area (Å²) in [5.74, 6) is -0.842. The van der Waals surface area contributed by atoms with E-state index in [0.29, 0.717) is 19.3 Å². The van der Waals surface area contributed by atoms with Crippen molar-refractivity contribution < 1.29 is 28.6 Å². The fraction of sp³-hybridized carbons (Fsp3) is 0.877. The van der Waals surface area contributed by atoms with E-state index in [9.17, 15) is 14.4 Å². The molecular formula is C73H136O6. The van der Waals surface area contributed by atoms with Crippen molar-refractivity contribution in [3.8, 4) is 0 Å². The molecule has 1 atom stereocenters. The van der Waals surface area contributed by atoms with Crippen LogP contribution in [0.5, 0.6) is 0 Å². The Labute approximate surface area is 493 Å². The summed E-state index contributed by atoms with van der Waals surface area (Å²) in [6, 6.07) is 0. The van der Waals surface area contributed by atoms with Crippen molar-refractivity contribution >= 4 is 17.9 Å². The van der Waals surface area contributed by atoms with Crippen LogP contribution in [0.1, 0.15) is 393 Å². The quantitative estimate of drug-likeness (QED) is 0.0261. The van der Waals surface area contributed by atoms with Gasteiger partial charge in [0.25, 0.3) is 0 Å². The smallest absolute Gasteiger partial charge is 0.306 e. The standard InChI is InChI=1S/C73H136O6/c1-4-7-10-13-16-19-22-25-28-31-32-33-34-35-36-37-38-39-40-43-45-48-51-54-57-60-63-66-72(75)78-69-70(79-73(76)67-64-61-58-55-52-49-46-42-30-27-24-21-18-15-12-9-6-3)68-77-71(74)65-62-59-56-53-50-47-44-41-29-26-23-20-17-14-11-8-5-2/h22,25,27,30-32,70H,4-21,23-24,26,28-29,33-69H2,1-3H3/b25-22-,30-27-,32-31-. The molecule has 0 N–H and O–H groups in total. The van der Waals surface area contributed by atoms with E-state index in [1.165, 1.54) is 289 Å². The number of rotatable bonds is 66. The molecule has 0 bridgehead atoms. The molecule has 0 amide bonds. The fourth-order valence-electron chi connectivity index (χ4n) is 10.8. The van der Waals surface area contributed by atoms with E-state index in [0.717, 1.165) is 64.2 Å². The maximum Gasteiger partial charge on any atom is 0.306 e. The minimum atomic E-state index is -0.772. The summed E-state index contributed by atoms with van der Waals surface area (Å²) < 4.78 is 17.0. The van der Waals surface area contributed by atoms with Gasteiger partial charge in [0.05, 0.1) is 0 Å². The first-order valence-electron chi connectivity index (χ1n) is 35.5. The van der Waals surface area contributed by atoms with Gasteiger partial charge in [-0.25, -0.2) is 0 Å². The van der Waals surface area contributed by atoms with Crippen LogP contribution in [-0.2, 0) is 28.6 Å². The Morgan fingerprint density at radius 2 is 0.456 bits per heavy atom. The summed E-state index contributed by atoms with van der Waals surface area (Å²) in [5, 5.41) is 0. The molecule has 1 unspecified atom stereocenters. The lowest BCUT2D eigenvalue weighted by Gasteiger charge is -2.18. The average Bonchev–Trinajstić information content (AvgIpc) is 3.45. The number of carbonyl (C=O) groups is 3. The van der Waals surface area contributed by atoms with Crippen molar-refractivity contribution in [1.29, 1.82) is 0 Å². The van der Waals surface area contributed by atoms with Crippen LogP contribution in [0.3, 0.4) is 0 Å². The fourth-order valence-corrected chi connectivity index (χ4v) is 10.8. The lowest BCUT2D eigenvalue weighted by Crippen LogP contribution is -2.30. The normalized spacial score (nSPS) is 12.2. The van der Waals surface area contributed by atoms with Gasteiger partial charge >= 0.3 is 17.9 Å². The zero-order valence-electron chi connectivity index (χ0n) is 53.4. The van der Waals surface area contributed by atoms with Gasteiger partial charge in [0.1, 0.15) is 13.2 Å². The van der Waals surface area contributed by atoms with Gasteiger partial charge in [0.15, 0.2) is 6.10 Å². The van der Waals surface area contributed by atoms with E-state index in [1.54, 1.807) is 0 Å². The van der Waals surface area contributed by atoms with Crippen LogP contribution in [0.25, 0.3) is 0 Å². The second kappa shape index (κ2) is 68.1. The topological polar surface area (TPSA) is 78.9 Å². The van der Waals surface area contributed by atoms with Crippen molar-refractivity contribution in [2.45, 2.75) is 399 Å². The zero-order chi connectivity index (χ0) is 57.1. The first-order chi connectivity index (χ1) is 39.0. The van der Waals surface area contributed by atoms with Crippen molar-refractivity contribution in [3.05, 3.63) is 36.5 Å². The molecule has 0 aliphatic rings. The maximum absolute atomic E-state index is 12.9. The van der Waals surface area contributed by atoms with E-state index in [-0.39, 0.29) is 31.1 Å². The number of carbonyl (C=O) groups excluding carboxylic acids is 3. The molecule has 0 spiro atoms. The zero-order valence-corrected chi connectivity index (χ0v) is 53.4. The molecule has 0 radical (unpaired) electrons. The first kappa shape index (κ1) is 76.6. The Morgan fingerprint density at radius 1 is 0.253 bits per heavy atom. The van der Waals surface area contributed by atoms with Crippen LogP contribution < -0.4 is 0 Å². The molecule has 0 rings (SSSR count). The third-order valence-corrected chi connectivity index (χ3v) is 16.1. The Balaban J connectivity index is 4.25. The molecule has 0 fully saturated rings. The second-order valence-corrected chi connectivity index (χ2v) is 24.1. The molecule has 0 aliphatic heterocycles. The van der Waals surface area contributed by atoms with Crippen molar-refractivity contribution in [2.75, 3.05) is 13.2 Å². The Morgan fingerprint density at radius 3 is 0.709 bits per heavy atom. The lowest BCUT2D eigenvalue weighted by molar-refractivity contribution is -0.167. The highest BCUT2D eigenvalue weighted by atomic mass is 16.6. The van der Waals surface area contributed by atoms with E-state index < -0.39 is 6.10 Å². The largest absolute Gasteiger partial charge is 0.462 e. The summed E-state index contributed by atoms with van der Waals surface area (Å²) in [6.45, 7) is 6.70. The number of allylic oxidation sites excluding steroid dienone is 6. The number of ether oxygens (including phenoxy) is 3. The van der Waals surface area contributed by atoms with Crippen molar-refractivity contribution in [3.63, 3.8) is 0 Å². The lowest BCUT2D eigenvalue weighted by atomic mass is 10.0. The van der Waals surface area contributed by atoms with Gasteiger partial charge < -0.3 is 14.2 Å². The van der Waals surface area contributed by atoms with Crippen LogP contribution in [0.4, 0.5) is 0 Å². The SMILES string of the molecule is CCCCCCC/C=C\C/C=C\CCCCCCCCCCCCCCCCCC(=O)OCC(COC(=O)CCCCCCCCCCCCCCCCCCC)OC(=O)CCCCCCCCC/C=C\CCCCCCCC. The van der Waals surface area contributed by atoms with Crippen molar-refractivity contribution in [1.82, 2.24) is 0 Å². The summed E-state index contributed by atoms with van der Waals surface area (Å²) in [6.07, 6.45) is 84.5. The first-order valence-corrected chi connectivity index (χ1v) is 35.5. The van der Waals surface area contributed by atoms with Gasteiger partial charge in [-0.15, -0.1) is 0 Å². The molecular weight excluding hydrogens is 973 g/mol. The highest BCUT2D eigenvalue weighted by molar-refractivity contribution is 5.71. The predicted molar refractivity (Wildman–Crippen MR) is 344 cm³/mol. The third kappa shape index (κ3) is 66.3. The summed E-state index contributed by atoms with van der Waals surface area (Å²) in [5.41, 5.74) is 0. The van der Waals surface area contributed by atoms with Crippen LogP contribution in [0.15, 0.2) is 36.5 Å². The monoisotopic (exact) mass is 1110 g/mol. The number of hydrogen-bond donors (Lipinski definition) is 0. The van der Waals surface area contributed by atoms with E-state index in [2.05, 4.69) is 57.2 Å². The molecule has 0 saturated carbocycles. The Hall–Kier alpha value is -2.37. The predicted octanol–water partition coefficient (Wildman–Crippen LogP) is 24.3. The highest BCUT2D eigenvalue weighted by Gasteiger charge is 2.19. The third-order valence-electron chi connectivity index (χ3n) is 16.1. The molecule has 6 heteroatoms. The van der Waals surface area contributed by atoms with Gasteiger partial charge in [0.2, 0.25) is 0 Å². The molecule has 464 valence electrons. The molecule has 0 heterocycles. The van der Waals surface area contributed by atoms with Gasteiger partial charge in [-0.05, 0) is 77.0 Å². The molecule has 0 aromatic carbocycles. The van der Waals surface area contributed by atoms with Crippen LogP contribution >= 0.6 is 0 Å². The van der Waals surface area contributed by atoms with Gasteiger partial charge in [-0.3, -0.25) is 14.4 Å². The number of hydrogen-bond acceptors (Lipinski definition) is 6. The Bertz CT molecular complexity index is 1320. The number of unbranched alkanes of at least 4 members (excludes halogenated alkanes) is 49. The molecule has 0 aromatic rings. The van der Waals surface area contributed by atoms with E-state index >= 15 is 0 Å². The maximum atomic E-state index is 12.9. The van der Waals surface area contributed by atoms with E-state index in [1.807, 2.05) is 0 Å². The summed E-state index contributed by atoms with van der Waals surface area (Å²) >= 11 is 0. The average molecular weight is 1110 g/mol. The summed E-state index contributed by atoms with van der Waals surface area (Å²) in [4.78, 5) is 38.4. The van der Waals surface area contributed by atoms with Gasteiger partial charge in [0, 0.05) is 19.3 Å².